The number of nitrogens with zero attached hydrogens (tertiary/aromatic N) is 2. The topological polar surface area (TPSA) is 52.1 Å². The lowest BCUT2D eigenvalue weighted by molar-refractivity contribution is 0.0383. The summed E-state index contributed by atoms with van der Waals surface area (Å²) in [5, 5.41) is 17.1. The summed E-state index contributed by atoms with van der Waals surface area (Å²) in [6, 6.07) is 8.57. The normalized spacial score (nSPS) is 18.2. The molecule has 2 N–H and O–H groups in total. The maximum atomic E-state index is 9.67. The van der Waals surface area contributed by atoms with Gasteiger partial charge in [-0.05, 0) is 50.3 Å². The molecule has 2 aromatic rings. The van der Waals surface area contributed by atoms with Gasteiger partial charge in [0.25, 0.3) is 0 Å². The number of rotatable bonds is 5. The maximum Gasteiger partial charge on any atom is 0.0695 e. The second kappa shape index (κ2) is 6.85. The zero-order valence-corrected chi connectivity index (χ0v) is 14.2. The zero-order chi connectivity index (χ0) is 16.3. The third-order valence-corrected chi connectivity index (χ3v) is 5.45. The van der Waals surface area contributed by atoms with E-state index < -0.39 is 0 Å². The highest BCUT2D eigenvalue weighted by molar-refractivity contribution is 5.62. The predicted molar refractivity (Wildman–Crippen MR) is 93.1 cm³/mol. The summed E-state index contributed by atoms with van der Waals surface area (Å²) in [7, 11) is 0. The van der Waals surface area contributed by atoms with Gasteiger partial charge in [0, 0.05) is 18.7 Å². The molecule has 0 atom stereocenters. The van der Waals surface area contributed by atoms with Crippen LogP contribution in [0.2, 0.25) is 0 Å². The molecule has 1 aliphatic rings. The van der Waals surface area contributed by atoms with Crippen molar-refractivity contribution < 1.29 is 5.11 Å². The zero-order valence-electron chi connectivity index (χ0n) is 14.2. The van der Waals surface area contributed by atoms with E-state index in [1.165, 1.54) is 16.7 Å². The molecule has 0 saturated carbocycles. The first-order valence-electron chi connectivity index (χ1n) is 8.58. The largest absolute Gasteiger partial charge is 0.396 e. The van der Waals surface area contributed by atoms with Crippen LogP contribution in [0.25, 0.3) is 11.3 Å². The second-order valence-corrected chi connectivity index (χ2v) is 6.92. The highest BCUT2D eigenvalue weighted by Crippen LogP contribution is 2.35. The summed E-state index contributed by atoms with van der Waals surface area (Å²) in [6.07, 6.45) is 5.18. The standard InChI is InChI=1S/C19H27N3O/c1-3-19(14-23)8-10-22(11-9-19)13-17-12-20-21-18(17)16-6-4-15(2)5-7-16/h4-7,12,23H,3,8-11,13-14H2,1-2H3,(H,20,21). The van der Waals surface area contributed by atoms with Crippen molar-refractivity contribution in [1.82, 2.24) is 15.1 Å². The maximum absolute atomic E-state index is 9.67. The fourth-order valence-electron chi connectivity index (χ4n) is 3.45. The number of hydrogen-bond acceptors (Lipinski definition) is 3. The van der Waals surface area contributed by atoms with Gasteiger partial charge in [-0.2, -0.15) is 5.10 Å². The van der Waals surface area contributed by atoms with Gasteiger partial charge in [0.1, 0.15) is 0 Å². The summed E-state index contributed by atoms with van der Waals surface area (Å²) in [6.45, 7) is 7.63. The smallest absolute Gasteiger partial charge is 0.0695 e. The molecule has 1 aromatic heterocycles. The number of likely N-dealkylation sites (tertiary alicyclic amines) is 1. The fourth-order valence-corrected chi connectivity index (χ4v) is 3.45. The molecule has 1 saturated heterocycles. The first kappa shape index (κ1) is 16.2. The summed E-state index contributed by atoms with van der Waals surface area (Å²) in [4.78, 5) is 2.48. The van der Waals surface area contributed by atoms with Gasteiger partial charge in [0.2, 0.25) is 0 Å². The highest BCUT2D eigenvalue weighted by Gasteiger charge is 2.32. The minimum atomic E-state index is 0.146. The molecule has 0 unspecified atom stereocenters. The lowest BCUT2D eigenvalue weighted by Gasteiger charge is -2.40. The third-order valence-electron chi connectivity index (χ3n) is 5.45. The first-order valence-corrected chi connectivity index (χ1v) is 8.58. The van der Waals surface area contributed by atoms with Crippen LogP contribution < -0.4 is 0 Å². The van der Waals surface area contributed by atoms with Crippen LogP contribution in [0.3, 0.4) is 0 Å². The van der Waals surface area contributed by atoms with Gasteiger partial charge in [-0.3, -0.25) is 10.00 Å². The van der Waals surface area contributed by atoms with Crippen molar-refractivity contribution in [3.8, 4) is 11.3 Å². The fraction of sp³-hybridized carbons (Fsp3) is 0.526. The Labute approximate surface area is 138 Å². The van der Waals surface area contributed by atoms with Crippen LogP contribution >= 0.6 is 0 Å². The number of hydrogen-bond donors (Lipinski definition) is 2. The van der Waals surface area contributed by atoms with E-state index >= 15 is 0 Å². The number of benzene rings is 1. The lowest BCUT2D eigenvalue weighted by atomic mass is 9.77. The number of piperidine rings is 1. The van der Waals surface area contributed by atoms with Crippen LogP contribution in [0.15, 0.2) is 30.5 Å². The van der Waals surface area contributed by atoms with E-state index in [1.54, 1.807) is 0 Å². The highest BCUT2D eigenvalue weighted by atomic mass is 16.3. The predicted octanol–water partition coefficient (Wildman–Crippen LogP) is 3.37. The number of aromatic nitrogens is 2. The molecule has 1 aliphatic heterocycles. The minimum absolute atomic E-state index is 0.146. The van der Waals surface area contributed by atoms with Crippen molar-refractivity contribution in [1.29, 1.82) is 0 Å². The summed E-state index contributed by atoms with van der Waals surface area (Å²) < 4.78 is 0. The monoisotopic (exact) mass is 313 g/mol. The number of H-pyrrole nitrogens is 1. The van der Waals surface area contributed by atoms with Crippen molar-refractivity contribution in [3.63, 3.8) is 0 Å². The Morgan fingerprint density at radius 1 is 1.22 bits per heavy atom. The van der Waals surface area contributed by atoms with Crippen molar-refractivity contribution in [3.05, 3.63) is 41.6 Å². The molecule has 1 aromatic carbocycles. The van der Waals surface area contributed by atoms with E-state index in [0.717, 1.165) is 44.6 Å². The van der Waals surface area contributed by atoms with Crippen LogP contribution in [-0.4, -0.2) is 39.9 Å². The van der Waals surface area contributed by atoms with Crippen molar-refractivity contribution in [2.24, 2.45) is 5.41 Å². The van der Waals surface area contributed by atoms with E-state index in [9.17, 15) is 5.11 Å². The van der Waals surface area contributed by atoms with Gasteiger partial charge >= 0.3 is 0 Å². The van der Waals surface area contributed by atoms with Crippen molar-refractivity contribution in [2.45, 2.75) is 39.7 Å². The first-order chi connectivity index (χ1) is 11.2. The van der Waals surface area contributed by atoms with Gasteiger partial charge in [0.15, 0.2) is 0 Å². The SMILES string of the molecule is CCC1(CO)CCN(Cc2cn[nH]c2-c2ccc(C)cc2)CC1. The van der Waals surface area contributed by atoms with Crippen LogP contribution in [0.1, 0.15) is 37.3 Å². The van der Waals surface area contributed by atoms with Crippen LogP contribution in [-0.2, 0) is 6.54 Å². The molecule has 23 heavy (non-hydrogen) atoms. The lowest BCUT2D eigenvalue weighted by Crippen LogP contribution is -2.41. The molecular weight excluding hydrogens is 286 g/mol. The molecule has 1 fully saturated rings. The molecular formula is C19H27N3O. The van der Waals surface area contributed by atoms with Gasteiger partial charge in [-0.15, -0.1) is 0 Å². The molecule has 124 valence electrons. The number of aromatic amines is 1. The van der Waals surface area contributed by atoms with E-state index in [-0.39, 0.29) is 5.41 Å². The molecule has 0 aliphatic carbocycles. The van der Waals surface area contributed by atoms with E-state index in [1.807, 2.05) is 6.20 Å². The van der Waals surface area contributed by atoms with Gasteiger partial charge in [-0.1, -0.05) is 36.8 Å². The van der Waals surface area contributed by atoms with Gasteiger partial charge < -0.3 is 5.11 Å². The number of aliphatic hydroxyl groups is 1. The van der Waals surface area contributed by atoms with Gasteiger partial charge in [0.05, 0.1) is 11.9 Å². The summed E-state index contributed by atoms with van der Waals surface area (Å²) in [5.74, 6) is 0. The molecule has 2 heterocycles. The molecule has 4 heteroatoms. The average Bonchev–Trinajstić information content (AvgIpc) is 3.05. The van der Waals surface area contributed by atoms with Crippen LogP contribution in [0.5, 0.6) is 0 Å². The minimum Gasteiger partial charge on any atom is -0.396 e. The van der Waals surface area contributed by atoms with E-state index in [4.69, 9.17) is 0 Å². The molecule has 0 bridgehead atoms. The van der Waals surface area contributed by atoms with Crippen molar-refractivity contribution >= 4 is 0 Å². The van der Waals surface area contributed by atoms with Crippen LogP contribution in [0.4, 0.5) is 0 Å². The molecule has 0 radical (unpaired) electrons. The molecule has 0 amide bonds. The average molecular weight is 313 g/mol. The van der Waals surface area contributed by atoms with Crippen LogP contribution in [0, 0.1) is 12.3 Å². The quantitative estimate of drug-likeness (QED) is 0.890. The Balaban J connectivity index is 1.68. The number of aliphatic hydroxyl groups excluding tert-OH is 1. The summed E-state index contributed by atoms with van der Waals surface area (Å²) >= 11 is 0. The van der Waals surface area contributed by atoms with Gasteiger partial charge in [-0.25, -0.2) is 0 Å². The molecule has 4 nitrogen and oxygen atoms in total. The Morgan fingerprint density at radius 3 is 2.52 bits per heavy atom. The Morgan fingerprint density at radius 2 is 1.91 bits per heavy atom. The second-order valence-electron chi connectivity index (χ2n) is 6.92. The van der Waals surface area contributed by atoms with Crippen molar-refractivity contribution in [2.75, 3.05) is 19.7 Å². The molecule has 0 spiro atoms. The molecule has 3 rings (SSSR count). The van der Waals surface area contributed by atoms with E-state index in [0.29, 0.717) is 6.61 Å². The van der Waals surface area contributed by atoms with E-state index in [2.05, 4.69) is 53.2 Å². The summed E-state index contributed by atoms with van der Waals surface area (Å²) in [5.41, 5.74) is 4.98. The Kier molecular flexibility index (Phi) is 4.83. The Hall–Kier alpha value is -1.65. The third kappa shape index (κ3) is 3.48. The number of nitrogens with one attached hydrogen (secondary N) is 1. The Bertz CT molecular complexity index is 618. The number of aryl methyl sites for hydroxylation is 1.